The molecule has 112 valence electrons. The summed E-state index contributed by atoms with van der Waals surface area (Å²) in [7, 11) is 1.87. The Hall–Kier alpha value is -1.10. The summed E-state index contributed by atoms with van der Waals surface area (Å²) >= 11 is 9.26. The van der Waals surface area contributed by atoms with E-state index in [4.69, 9.17) is 16.3 Å². The van der Waals surface area contributed by atoms with E-state index in [0.717, 1.165) is 21.3 Å². The molecule has 0 fully saturated rings. The number of hydrogen-bond acceptors (Lipinski definition) is 2. The van der Waals surface area contributed by atoms with Crippen molar-refractivity contribution in [3.05, 3.63) is 62.3 Å². The molecule has 0 unspecified atom stereocenters. The normalized spacial score (nSPS) is 10.7. The van der Waals surface area contributed by atoms with Crippen molar-refractivity contribution >= 4 is 27.5 Å². The van der Waals surface area contributed by atoms with Crippen LogP contribution < -0.4 is 10.1 Å². The first-order valence-corrected chi connectivity index (χ1v) is 7.69. The quantitative estimate of drug-likeness (QED) is 0.810. The standard InChI is InChI=1S/C16H16BrClFNO/c1-10-6-13(17)7-12(8-20-2)16(10)21-9-11-4-3-5-14(18)15(11)19/h3-7,20H,8-9H2,1-2H3. The Balaban J connectivity index is 2.25. The number of aryl methyl sites for hydroxylation is 1. The van der Waals surface area contributed by atoms with Crippen molar-refractivity contribution in [3.8, 4) is 5.75 Å². The van der Waals surface area contributed by atoms with Gasteiger partial charge in [-0.1, -0.05) is 39.7 Å². The minimum absolute atomic E-state index is 0.110. The van der Waals surface area contributed by atoms with Gasteiger partial charge in [-0.25, -0.2) is 4.39 Å². The second kappa shape index (κ2) is 7.25. The van der Waals surface area contributed by atoms with Gasteiger partial charge in [0, 0.05) is 22.1 Å². The Labute approximate surface area is 137 Å². The third kappa shape index (κ3) is 3.96. The van der Waals surface area contributed by atoms with E-state index in [9.17, 15) is 4.39 Å². The molecule has 1 N–H and O–H groups in total. The van der Waals surface area contributed by atoms with Gasteiger partial charge < -0.3 is 10.1 Å². The van der Waals surface area contributed by atoms with E-state index >= 15 is 0 Å². The maximum atomic E-state index is 13.9. The zero-order chi connectivity index (χ0) is 15.4. The van der Waals surface area contributed by atoms with Gasteiger partial charge in [0.2, 0.25) is 0 Å². The lowest BCUT2D eigenvalue weighted by Crippen LogP contribution is -2.09. The van der Waals surface area contributed by atoms with Crippen LogP contribution in [-0.4, -0.2) is 7.05 Å². The molecule has 2 rings (SSSR count). The second-order valence-corrected chi connectivity index (χ2v) is 6.07. The Morgan fingerprint density at radius 2 is 2.05 bits per heavy atom. The van der Waals surface area contributed by atoms with Crippen LogP contribution in [0.2, 0.25) is 5.02 Å². The predicted molar refractivity (Wildman–Crippen MR) is 87.4 cm³/mol. The summed E-state index contributed by atoms with van der Waals surface area (Å²) in [6.07, 6.45) is 0. The average Bonchev–Trinajstić information content (AvgIpc) is 2.42. The van der Waals surface area contributed by atoms with E-state index in [2.05, 4.69) is 21.2 Å². The van der Waals surface area contributed by atoms with Gasteiger partial charge >= 0.3 is 0 Å². The van der Waals surface area contributed by atoms with Crippen LogP contribution in [0, 0.1) is 12.7 Å². The molecular formula is C16H16BrClFNO. The highest BCUT2D eigenvalue weighted by molar-refractivity contribution is 9.10. The van der Waals surface area contributed by atoms with E-state index in [-0.39, 0.29) is 11.6 Å². The molecule has 0 saturated carbocycles. The van der Waals surface area contributed by atoms with Crippen molar-refractivity contribution < 1.29 is 9.13 Å². The van der Waals surface area contributed by atoms with Crippen molar-refractivity contribution in [2.75, 3.05) is 7.05 Å². The molecule has 0 bridgehead atoms. The van der Waals surface area contributed by atoms with E-state index in [1.54, 1.807) is 12.1 Å². The Bertz CT molecular complexity index is 648. The Morgan fingerprint density at radius 1 is 1.29 bits per heavy atom. The minimum Gasteiger partial charge on any atom is -0.488 e. The first-order chi connectivity index (χ1) is 10.0. The SMILES string of the molecule is CNCc1cc(Br)cc(C)c1OCc1cccc(Cl)c1F. The molecule has 0 saturated heterocycles. The van der Waals surface area contributed by atoms with Gasteiger partial charge in [0.15, 0.2) is 0 Å². The van der Waals surface area contributed by atoms with E-state index in [0.29, 0.717) is 12.1 Å². The maximum absolute atomic E-state index is 13.9. The number of halogens is 3. The van der Waals surface area contributed by atoms with Crippen LogP contribution >= 0.6 is 27.5 Å². The summed E-state index contributed by atoms with van der Waals surface area (Å²) in [4.78, 5) is 0. The van der Waals surface area contributed by atoms with Crippen LogP contribution in [0.15, 0.2) is 34.8 Å². The monoisotopic (exact) mass is 371 g/mol. The predicted octanol–water partition coefficient (Wildman–Crippen LogP) is 4.85. The molecule has 0 aliphatic heterocycles. The number of ether oxygens (including phenoxy) is 1. The maximum Gasteiger partial charge on any atom is 0.148 e. The summed E-state index contributed by atoms with van der Waals surface area (Å²) in [5, 5.41) is 3.21. The van der Waals surface area contributed by atoms with Crippen molar-refractivity contribution in [1.82, 2.24) is 5.32 Å². The molecule has 2 aromatic carbocycles. The Morgan fingerprint density at radius 3 is 2.76 bits per heavy atom. The van der Waals surface area contributed by atoms with Crippen LogP contribution in [-0.2, 0) is 13.2 Å². The van der Waals surface area contributed by atoms with Crippen LogP contribution in [0.5, 0.6) is 5.75 Å². The third-order valence-electron chi connectivity index (χ3n) is 3.09. The fourth-order valence-electron chi connectivity index (χ4n) is 2.14. The van der Waals surface area contributed by atoms with Gasteiger partial charge in [-0.2, -0.15) is 0 Å². The summed E-state index contributed by atoms with van der Waals surface area (Å²) in [5.41, 5.74) is 2.46. The summed E-state index contributed by atoms with van der Waals surface area (Å²) in [6, 6.07) is 8.88. The first-order valence-electron chi connectivity index (χ1n) is 6.52. The number of rotatable bonds is 5. The topological polar surface area (TPSA) is 21.3 Å². The molecule has 0 amide bonds. The van der Waals surface area contributed by atoms with Crippen LogP contribution in [0.4, 0.5) is 4.39 Å². The number of hydrogen-bond donors (Lipinski definition) is 1. The van der Waals surface area contributed by atoms with E-state index in [1.807, 2.05) is 26.1 Å². The molecule has 0 spiro atoms. The lowest BCUT2D eigenvalue weighted by Gasteiger charge is -2.15. The second-order valence-electron chi connectivity index (χ2n) is 4.74. The largest absolute Gasteiger partial charge is 0.488 e. The number of nitrogens with one attached hydrogen (secondary N) is 1. The van der Waals surface area contributed by atoms with Crippen molar-refractivity contribution in [2.24, 2.45) is 0 Å². The van der Waals surface area contributed by atoms with Crippen molar-refractivity contribution in [3.63, 3.8) is 0 Å². The van der Waals surface area contributed by atoms with Crippen LogP contribution in [0.3, 0.4) is 0 Å². The minimum atomic E-state index is -0.427. The highest BCUT2D eigenvalue weighted by Gasteiger charge is 2.11. The van der Waals surface area contributed by atoms with E-state index < -0.39 is 5.82 Å². The van der Waals surface area contributed by atoms with Crippen LogP contribution in [0.1, 0.15) is 16.7 Å². The molecule has 21 heavy (non-hydrogen) atoms. The average molecular weight is 373 g/mol. The van der Waals surface area contributed by atoms with Crippen molar-refractivity contribution in [1.29, 1.82) is 0 Å². The lowest BCUT2D eigenvalue weighted by atomic mass is 10.1. The zero-order valence-electron chi connectivity index (χ0n) is 11.8. The smallest absolute Gasteiger partial charge is 0.148 e. The molecule has 0 aromatic heterocycles. The molecule has 0 aliphatic carbocycles. The lowest BCUT2D eigenvalue weighted by molar-refractivity contribution is 0.294. The number of benzene rings is 2. The van der Waals surface area contributed by atoms with Gasteiger partial charge in [0.05, 0.1) is 5.02 Å². The summed E-state index contributed by atoms with van der Waals surface area (Å²) in [6.45, 7) is 2.78. The molecule has 0 heterocycles. The van der Waals surface area contributed by atoms with E-state index in [1.165, 1.54) is 6.07 Å². The van der Waals surface area contributed by atoms with Gasteiger partial charge in [0.1, 0.15) is 18.2 Å². The third-order valence-corrected chi connectivity index (χ3v) is 3.84. The first kappa shape index (κ1) is 16.3. The molecule has 0 atom stereocenters. The summed E-state index contributed by atoms with van der Waals surface area (Å²) in [5.74, 6) is 0.344. The fourth-order valence-corrected chi connectivity index (χ4v) is 2.95. The Kier molecular flexibility index (Phi) is 5.62. The molecule has 0 radical (unpaired) electrons. The van der Waals surface area contributed by atoms with Crippen LogP contribution in [0.25, 0.3) is 0 Å². The summed E-state index contributed by atoms with van der Waals surface area (Å²) < 4.78 is 20.7. The molecule has 2 nitrogen and oxygen atoms in total. The van der Waals surface area contributed by atoms with Gasteiger partial charge in [0.25, 0.3) is 0 Å². The molecule has 0 aliphatic rings. The van der Waals surface area contributed by atoms with Crippen molar-refractivity contribution in [2.45, 2.75) is 20.1 Å². The van der Waals surface area contributed by atoms with Gasteiger partial charge in [-0.3, -0.25) is 0 Å². The molecular weight excluding hydrogens is 357 g/mol. The zero-order valence-corrected chi connectivity index (χ0v) is 14.2. The fraction of sp³-hybridized carbons (Fsp3) is 0.250. The molecule has 5 heteroatoms. The van der Waals surface area contributed by atoms with Gasteiger partial charge in [-0.05, 0) is 37.7 Å². The highest BCUT2D eigenvalue weighted by Crippen LogP contribution is 2.29. The highest BCUT2D eigenvalue weighted by atomic mass is 79.9. The van der Waals surface area contributed by atoms with Gasteiger partial charge in [-0.15, -0.1) is 0 Å². The molecule has 2 aromatic rings.